The maximum Gasteiger partial charge on any atom is 0.261 e. The minimum absolute atomic E-state index is 0.0211. The van der Waals surface area contributed by atoms with E-state index in [0.717, 1.165) is 34.1 Å². The summed E-state index contributed by atoms with van der Waals surface area (Å²) in [4.78, 5) is 0. The van der Waals surface area contributed by atoms with E-state index in [1.165, 1.54) is 87.7 Å². The lowest BCUT2D eigenvalue weighted by atomic mass is 9.29. The van der Waals surface area contributed by atoms with Crippen LogP contribution in [0.4, 0.5) is 0 Å². The van der Waals surface area contributed by atoms with Crippen molar-refractivity contribution in [2.45, 2.75) is 5.41 Å². The molecular weight excluding hydrogens is 669 g/mol. The van der Waals surface area contributed by atoms with Gasteiger partial charge in [-0.1, -0.05) is 121 Å². The molecule has 4 heterocycles. The van der Waals surface area contributed by atoms with Crippen LogP contribution in [0.1, 0.15) is 22.3 Å². The fourth-order valence-corrected chi connectivity index (χ4v) is 11.1. The molecule has 55 heavy (non-hydrogen) atoms. The fraction of sp³-hybridized carbons (Fsp3) is 0.0196. The molecule has 0 atom stereocenters. The van der Waals surface area contributed by atoms with E-state index < -0.39 is 5.41 Å². The molecule has 0 bridgehead atoms. The van der Waals surface area contributed by atoms with Gasteiger partial charge in [0.15, 0.2) is 0 Å². The molecule has 0 saturated carbocycles. The van der Waals surface area contributed by atoms with Crippen molar-refractivity contribution in [3.8, 4) is 39.8 Å². The second-order valence-electron chi connectivity index (χ2n) is 15.5. The highest BCUT2D eigenvalue weighted by Gasteiger charge is 2.57. The normalized spacial score (nSPS) is 14.6. The van der Waals surface area contributed by atoms with Crippen LogP contribution in [0.3, 0.4) is 0 Å². The summed E-state index contributed by atoms with van der Waals surface area (Å²) in [6.07, 6.45) is 0. The molecule has 4 aliphatic rings. The van der Waals surface area contributed by atoms with Gasteiger partial charge in [0.25, 0.3) is 6.71 Å². The second kappa shape index (κ2) is 9.73. The Morgan fingerprint density at radius 3 is 1.60 bits per heavy atom. The summed E-state index contributed by atoms with van der Waals surface area (Å²) >= 11 is 0. The number of hydrogen-bond donors (Lipinski definition) is 0. The average molecular weight is 698 g/mol. The van der Waals surface area contributed by atoms with E-state index in [9.17, 15) is 0 Å². The second-order valence-corrected chi connectivity index (χ2v) is 15.5. The molecule has 0 radical (unpaired) electrons. The first-order valence-corrected chi connectivity index (χ1v) is 19.1. The van der Waals surface area contributed by atoms with Crippen molar-refractivity contribution in [1.82, 2.24) is 4.57 Å². The summed E-state index contributed by atoms with van der Waals surface area (Å²) in [5.74, 6) is 3.63. The predicted octanol–water partition coefficient (Wildman–Crippen LogP) is 10.5. The van der Waals surface area contributed by atoms with Crippen LogP contribution in [-0.2, 0) is 5.41 Å². The summed E-state index contributed by atoms with van der Waals surface area (Å²) in [5.41, 5.74) is 14.3. The van der Waals surface area contributed by atoms with Crippen LogP contribution in [0.15, 0.2) is 170 Å². The third kappa shape index (κ3) is 3.25. The van der Waals surface area contributed by atoms with E-state index in [0.29, 0.717) is 0 Å². The van der Waals surface area contributed by atoms with Gasteiger partial charge < -0.3 is 14.0 Å². The lowest BCUT2D eigenvalue weighted by molar-refractivity contribution is 0.461. The van der Waals surface area contributed by atoms with Crippen LogP contribution in [0.2, 0.25) is 0 Å². The Morgan fingerprint density at radius 1 is 0.418 bits per heavy atom. The molecule has 1 spiro atoms. The van der Waals surface area contributed by atoms with Crippen LogP contribution in [0.5, 0.6) is 23.0 Å². The molecule has 3 aliphatic heterocycles. The van der Waals surface area contributed by atoms with Crippen molar-refractivity contribution in [1.29, 1.82) is 0 Å². The molecule has 1 aliphatic carbocycles. The van der Waals surface area contributed by atoms with Crippen molar-refractivity contribution in [2.24, 2.45) is 0 Å². The third-order valence-corrected chi connectivity index (χ3v) is 13.1. The number of benzene rings is 9. The molecule has 0 unspecified atom stereocenters. The summed E-state index contributed by atoms with van der Waals surface area (Å²) in [5, 5.41) is 7.73. The number of rotatable bonds is 2. The van der Waals surface area contributed by atoms with Crippen molar-refractivity contribution in [2.75, 3.05) is 0 Å². The standard InChI is InChI=1S/C51H28BNO2/c1-3-15-39-34(10-1)35-11-2-4-16-40(35)53(39)32-26-23-29(24-27-32)33-28-25-31-22-21-30-9-5-12-36-45(30)46(31)47(33)51(36)37-13-6-17-41-48(37)52-49-38(51)14-7-18-42(49)55-44-20-8-19-43(54-41)50(44)52/h1-28H. The smallest absolute Gasteiger partial charge is 0.261 e. The van der Waals surface area contributed by atoms with E-state index in [4.69, 9.17) is 9.47 Å². The summed E-state index contributed by atoms with van der Waals surface area (Å²) in [7, 11) is 0. The highest BCUT2D eigenvalue weighted by Crippen LogP contribution is 2.60. The van der Waals surface area contributed by atoms with Crippen LogP contribution >= 0.6 is 0 Å². The quantitative estimate of drug-likeness (QED) is 0.133. The van der Waals surface area contributed by atoms with E-state index in [2.05, 4.69) is 168 Å². The minimum Gasteiger partial charge on any atom is -0.458 e. The largest absolute Gasteiger partial charge is 0.458 e. The van der Waals surface area contributed by atoms with Crippen molar-refractivity contribution in [3.05, 3.63) is 192 Å². The van der Waals surface area contributed by atoms with Gasteiger partial charge in [-0.15, -0.1) is 0 Å². The molecule has 0 saturated heterocycles. The van der Waals surface area contributed by atoms with Crippen molar-refractivity contribution >= 4 is 66.5 Å². The van der Waals surface area contributed by atoms with E-state index in [1.807, 2.05) is 6.07 Å². The molecule has 10 aromatic rings. The Morgan fingerprint density at radius 2 is 0.945 bits per heavy atom. The lowest BCUT2D eigenvalue weighted by Crippen LogP contribution is -2.65. The number of aromatic nitrogens is 1. The molecule has 4 heteroatoms. The predicted molar refractivity (Wildman–Crippen MR) is 224 cm³/mol. The maximum atomic E-state index is 6.82. The van der Waals surface area contributed by atoms with Crippen LogP contribution < -0.4 is 25.9 Å². The van der Waals surface area contributed by atoms with E-state index >= 15 is 0 Å². The number of fused-ring (bicyclic) bond motifs is 7. The van der Waals surface area contributed by atoms with Gasteiger partial charge in [-0.05, 0) is 114 Å². The molecule has 252 valence electrons. The fourth-order valence-electron chi connectivity index (χ4n) is 11.1. The topological polar surface area (TPSA) is 23.4 Å². The van der Waals surface area contributed by atoms with Crippen LogP contribution in [0.25, 0.3) is 60.2 Å². The van der Waals surface area contributed by atoms with Gasteiger partial charge in [0.1, 0.15) is 23.0 Å². The van der Waals surface area contributed by atoms with Gasteiger partial charge in [-0.3, -0.25) is 0 Å². The van der Waals surface area contributed by atoms with Gasteiger partial charge >= 0.3 is 0 Å². The maximum absolute atomic E-state index is 6.82. The highest BCUT2D eigenvalue weighted by molar-refractivity contribution is 6.99. The zero-order valence-corrected chi connectivity index (χ0v) is 29.5. The molecule has 0 fully saturated rings. The monoisotopic (exact) mass is 697 g/mol. The highest BCUT2D eigenvalue weighted by atomic mass is 16.5. The molecule has 0 N–H and O–H groups in total. The molecule has 9 aromatic carbocycles. The number of para-hydroxylation sites is 2. The van der Waals surface area contributed by atoms with Gasteiger partial charge in [-0.25, -0.2) is 0 Å². The molecule has 1 aromatic heterocycles. The first-order valence-electron chi connectivity index (χ1n) is 19.1. The number of hydrogen-bond acceptors (Lipinski definition) is 2. The van der Waals surface area contributed by atoms with Gasteiger partial charge in [0, 0.05) is 21.9 Å². The first kappa shape index (κ1) is 28.5. The SMILES string of the molecule is c1cc2c3c(c1)Oc1cccc4c1B3c1c(cccc1C41c3cccc4ccc5ccc(-c6ccc(-n7c8ccccc8c8ccccc87)cc6)c1c5c34)O2. The molecular formula is C51H28BNO2. The van der Waals surface area contributed by atoms with Crippen LogP contribution in [-0.4, -0.2) is 11.3 Å². The molecule has 3 nitrogen and oxygen atoms in total. The minimum atomic E-state index is -0.604. The Labute approximate surface area is 316 Å². The summed E-state index contributed by atoms with van der Waals surface area (Å²) in [6.45, 7) is 0.0211. The summed E-state index contributed by atoms with van der Waals surface area (Å²) < 4.78 is 16.0. The number of ether oxygens (including phenoxy) is 2. The Kier molecular flexibility index (Phi) is 5.04. The van der Waals surface area contributed by atoms with Crippen molar-refractivity contribution in [3.63, 3.8) is 0 Å². The Bertz CT molecular complexity index is 3270. The van der Waals surface area contributed by atoms with E-state index in [-0.39, 0.29) is 6.71 Å². The molecule has 14 rings (SSSR count). The third-order valence-electron chi connectivity index (χ3n) is 13.1. The Balaban J connectivity index is 1.08. The van der Waals surface area contributed by atoms with Crippen LogP contribution in [0, 0.1) is 0 Å². The Hall–Kier alpha value is -7.04. The van der Waals surface area contributed by atoms with Gasteiger partial charge in [0.2, 0.25) is 0 Å². The zero-order chi connectivity index (χ0) is 35.6. The number of nitrogens with zero attached hydrogens (tertiary/aromatic N) is 1. The lowest BCUT2D eigenvalue weighted by Gasteiger charge is -2.47. The first-order chi connectivity index (χ1) is 27.3. The molecule has 0 amide bonds. The van der Waals surface area contributed by atoms with Crippen molar-refractivity contribution < 1.29 is 9.47 Å². The zero-order valence-electron chi connectivity index (χ0n) is 29.5. The van der Waals surface area contributed by atoms with Gasteiger partial charge in [-0.2, -0.15) is 0 Å². The average Bonchev–Trinajstić information content (AvgIpc) is 3.74. The summed E-state index contributed by atoms with van der Waals surface area (Å²) in [6, 6.07) is 62.6. The van der Waals surface area contributed by atoms with Gasteiger partial charge in [0.05, 0.1) is 16.4 Å². The van der Waals surface area contributed by atoms with E-state index in [1.54, 1.807) is 0 Å².